The number of nitrogens with zero attached hydrogens (tertiary/aromatic N) is 3. The summed E-state index contributed by atoms with van der Waals surface area (Å²) in [6.45, 7) is 4.42. The molecular formula is C15H20BrN5O2. The third-order valence-electron chi connectivity index (χ3n) is 3.23. The van der Waals surface area contributed by atoms with Gasteiger partial charge in [-0.25, -0.2) is 4.68 Å². The quantitative estimate of drug-likeness (QED) is 0.673. The van der Waals surface area contributed by atoms with Crippen molar-refractivity contribution in [2.24, 2.45) is 0 Å². The molecule has 0 fully saturated rings. The number of nitrogens with one attached hydrogen (secondary N) is 2. The Labute approximate surface area is 143 Å². The largest absolute Gasteiger partial charge is 0.383 e. The van der Waals surface area contributed by atoms with Crippen molar-refractivity contribution >= 4 is 21.8 Å². The van der Waals surface area contributed by atoms with Gasteiger partial charge in [0.1, 0.15) is 0 Å². The molecule has 23 heavy (non-hydrogen) atoms. The minimum Gasteiger partial charge on any atom is -0.383 e. The number of hydrogen-bond donors (Lipinski definition) is 2. The lowest BCUT2D eigenvalue weighted by Gasteiger charge is -2.06. The molecule has 1 aromatic carbocycles. The second-order valence-corrected chi connectivity index (χ2v) is 5.83. The molecule has 2 rings (SSSR count). The van der Waals surface area contributed by atoms with Crippen LogP contribution in [0.25, 0.3) is 5.69 Å². The first-order valence-electron chi connectivity index (χ1n) is 7.29. The maximum absolute atomic E-state index is 12.2. The van der Waals surface area contributed by atoms with E-state index in [0.29, 0.717) is 31.1 Å². The standard InChI is InChI=1S/C15H20BrN5O2/c1-11-14(15(22)18-7-6-17-8-9-23-2)19-20-21(11)13-5-3-4-12(16)10-13/h3-5,10,17H,6-9H2,1-2H3,(H,18,22). The molecule has 7 nitrogen and oxygen atoms in total. The second-order valence-electron chi connectivity index (χ2n) is 4.91. The number of carbonyl (C=O) groups excluding carboxylic acids is 1. The molecule has 1 heterocycles. The lowest BCUT2D eigenvalue weighted by atomic mass is 10.3. The van der Waals surface area contributed by atoms with Crippen LogP contribution in [0.1, 0.15) is 16.2 Å². The summed E-state index contributed by atoms with van der Waals surface area (Å²) < 4.78 is 7.53. The summed E-state index contributed by atoms with van der Waals surface area (Å²) in [6.07, 6.45) is 0. The van der Waals surface area contributed by atoms with Crippen LogP contribution in [0.3, 0.4) is 0 Å². The molecule has 8 heteroatoms. The summed E-state index contributed by atoms with van der Waals surface area (Å²) >= 11 is 3.42. The summed E-state index contributed by atoms with van der Waals surface area (Å²) in [5.74, 6) is -0.225. The van der Waals surface area contributed by atoms with E-state index >= 15 is 0 Å². The van der Waals surface area contributed by atoms with E-state index in [0.717, 1.165) is 16.7 Å². The van der Waals surface area contributed by atoms with Gasteiger partial charge in [-0.1, -0.05) is 27.2 Å². The van der Waals surface area contributed by atoms with E-state index < -0.39 is 0 Å². The Bertz CT molecular complexity index is 659. The second kappa shape index (κ2) is 8.76. The van der Waals surface area contributed by atoms with Crippen molar-refractivity contribution in [1.82, 2.24) is 25.6 Å². The fourth-order valence-electron chi connectivity index (χ4n) is 2.04. The molecule has 124 valence electrons. The van der Waals surface area contributed by atoms with Crippen LogP contribution >= 0.6 is 15.9 Å². The van der Waals surface area contributed by atoms with Crippen LogP contribution in [-0.2, 0) is 4.74 Å². The third kappa shape index (κ3) is 4.85. The van der Waals surface area contributed by atoms with Crippen LogP contribution in [0.5, 0.6) is 0 Å². The molecule has 0 aliphatic carbocycles. The Kier molecular flexibility index (Phi) is 6.69. The van der Waals surface area contributed by atoms with Gasteiger partial charge in [-0.15, -0.1) is 5.10 Å². The van der Waals surface area contributed by atoms with E-state index in [1.165, 1.54) is 0 Å². The third-order valence-corrected chi connectivity index (χ3v) is 3.73. The minimum atomic E-state index is -0.225. The van der Waals surface area contributed by atoms with Gasteiger partial charge < -0.3 is 15.4 Å². The highest BCUT2D eigenvalue weighted by molar-refractivity contribution is 9.10. The first-order chi connectivity index (χ1) is 11.1. The topological polar surface area (TPSA) is 81.1 Å². The van der Waals surface area contributed by atoms with Gasteiger partial charge in [-0.3, -0.25) is 4.79 Å². The molecule has 0 spiro atoms. The van der Waals surface area contributed by atoms with E-state index in [4.69, 9.17) is 4.74 Å². The van der Waals surface area contributed by atoms with E-state index in [9.17, 15) is 4.79 Å². The molecule has 0 saturated carbocycles. The lowest BCUT2D eigenvalue weighted by Crippen LogP contribution is -2.33. The normalized spacial score (nSPS) is 10.7. The van der Waals surface area contributed by atoms with Crippen LogP contribution < -0.4 is 10.6 Å². The molecule has 0 aliphatic heterocycles. The molecule has 0 saturated heterocycles. The van der Waals surface area contributed by atoms with Crippen molar-refractivity contribution < 1.29 is 9.53 Å². The van der Waals surface area contributed by atoms with Crippen molar-refractivity contribution in [3.8, 4) is 5.69 Å². The summed E-state index contributed by atoms with van der Waals surface area (Å²) in [6, 6.07) is 7.67. The van der Waals surface area contributed by atoms with Crippen molar-refractivity contribution in [1.29, 1.82) is 0 Å². The van der Waals surface area contributed by atoms with E-state index in [1.807, 2.05) is 31.2 Å². The van der Waals surface area contributed by atoms with Crippen LogP contribution in [0.2, 0.25) is 0 Å². The Morgan fingerprint density at radius 3 is 2.91 bits per heavy atom. The van der Waals surface area contributed by atoms with Crippen LogP contribution in [0.4, 0.5) is 0 Å². The SMILES string of the molecule is COCCNCCNC(=O)c1nnn(-c2cccc(Br)c2)c1C. The van der Waals surface area contributed by atoms with Crippen LogP contribution in [0.15, 0.2) is 28.7 Å². The highest BCUT2D eigenvalue weighted by atomic mass is 79.9. The van der Waals surface area contributed by atoms with Crippen LogP contribution in [0, 0.1) is 6.92 Å². The number of hydrogen-bond acceptors (Lipinski definition) is 5. The number of aromatic nitrogens is 3. The zero-order valence-electron chi connectivity index (χ0n) is 13.2. The maximum atomic E-state index is 12.2. The molecule has 0 bridgehead atoms. The fourth-order valence-corrected chi connectivity index (χ4v) is 2.43. The van der Waals surface area contributed by atoms with Gasteiger partial charge in [0.15, 0.2) is 5.69 Å². The van der Waals surface area contributed by atoms with Gasteiger partial charge in [0.25, 0.3) is 5.91 Å². The molecule has 1 aromatic heterocycles. The maximum Gasteiger partial charge on any atom is 0.273 e. The Balaban J connectivity index is 1.95. The molecule has 0 atom stereocenters. The highest BCUT2D eigenvalue weighted by Crippen LogP contribution is 2.17. The summed E-state index contributed by atoms with van der Waals surface area (Å²) in [5, 5.41) is 14.0. The van der Waals surface area contributed by atoms with E-state index in [-0.39, 0.29) is 5.91 Å². The monoisotopic (exact) mass is 381 g/mol. The number of amides is 1. The predicted molar refractivity (Wildman–Crippen MR) is 90.9 cm³/mol. The van der Waals surface area contributed by atoms with Gasteiger partial charge in [-0.2, -0.15) is 0 Å². The summed E-state index contributed by atoms with van der Waals surface area (Å²) in [5.41, 5.74) is 1.89. The fraction of sp³-hybridized carbons (Fsp3) is 0.400. The molecule has 1 amide bonds. The van der Waals surface area contributed by atoms with Crippen molar-refractivity contribution in [3.05, 3.63) is 40.1 Å². The van der Waals surface area contributed by atoms with Gasteiger partial charge in [0.05, 0.1) is 18.0 Å². The van der Waals surface area contributed by atoms with E-state index in [2.05, 4.69) is 36.9 Å². The zero-order valence-corrected chi connectivity index (χ0v) is 14.8. The number of benzene rings is 1. The van der Waals surface area contributed by atoms with E-state index in [1.54, 1.807) is 11.8 Å². The van der Waals surface area contributed by atoms with Gasteiger partial charge in [0, 0.05) is 31.2 Å². The molecule has 0 aliphatic rings. The number of methoxy groups -OCH3 is 1. The average Bonchev–Trinajstić information content (AvgIpc) is 2.92. The van der Waals surface area contributed by atoms with Crippen LogP contribution in [-0.4, -0.2) is 54.3 Å². The number of rotatable bonds is 8. The zero-order chi connectivity index (χ0) is 16.7. The van der Waals surface area contributed by atoms with Crippen molar-refractivity contribution in [2.75, 3.05) is 33.4 Å². The van der Waals surface area contributed by atoms with Gasteiger partial charge in [0.2, 0.25) is 0 Å². The Hall–Kier alpha value is -1.77. The summed E-state index contributed by atoms with van der Waals surface area (Å²) in [4.78, 5) is 12.2. The highest BCUT2D eigenvalue weighted by Gasteiger charge is 2.16. The smallest absolute Gasteiger partial charge is 0.273 e. The minimum absolute atomic E-state index is 0.225. The molecular weight excluding hydrogens is 362 g/mol. The first-order valence-corrected chi connectivity index (χ1v) is 8.09. The molecule has 2 aromatic rings. The first kappa shape index (κ1) is 17.6. The molecule has 2 N–H and O–H groups in total. The Morgan fingerprint density at radius 1 is 1.35 bits per heavy atom. The average molecular weight is 382 g/mol. The van der Waals surface area contributed by atoms with Crippen molar-refractivity contribution in [2.45, 2.75) is 6.92 Å². The van der Waals surface area contributed by atoms with Crippen molar-refractivity contribution in [3.63, 3.8) is 0 Å². The Morgan fingerprint density at radius 2 is 2.17 bits per heavy atom. The summed E-state index contributed by atoms with van der Waals surface area (Å²) in [7, 11) is 1.65. The number of halogens is 1. The number of ether oxygens (including phenoxy) is 1. The van der Waals surface area contributed by atoms with Gasteiger partial charge >= 0.3 is 0 Å². The lowest BCUT2D eigenvalue weighted by molar-refractivity contribution is 0.0948. The van der Waals surface area contributed by atoms with Gasteiger partial charge in [-0.05, 0) is 25.1 Å². The molecule has 0 radical (unpaired) electrons. The molecule has 0 unspecified atom stereocenters. The number of carbonyl (C=O) groups is 1. The predicted octanol–water partition coefficient (Wildman–Crippen LogP) is 1.30.